The van der Waals surface area contributed by atoms with Crippen LogP contribution in [0.3, 0.4) is 0 Å². The minimum Gasteiger partial charge on any atom is -0.468 e. The topological polar surface area (TPSA) is 52.3 Å². The van der Waals surface area contributed by atoms with Gasteiger partial charge in [-0.25, -0.2) is 0 Å². The number of benzene rings is 1. The largest absolute Gasteiger partial charge is 0.468 e. The Balaban J connectivity index is 3.36. The monoisotopic (exact) mass is 357 g/mol. The van der Waals surface area contributed by atoms with Gasteiger partial charge in [-0.05, 0) is 42.5 Å². The van der Waals surface area contributed by atoms with Gasteiger partial charge in [0.15, 0.2) is 0 Å². The molecule has 0 aliphatic rings. The second-order valence-corrected chi connectivity index (χ2v) is 5.27. The molecule has 0 spiro atoms. The number of nitrogens with two attached hydrogens (primary N) is 1. The molecule has 24 heavy (non-hydrogen) atoms. The molecule has 0 radical (unpaired) electrons. The summed E-state index contributed by atoms with van der Waals surface area (Å²) >= 11 is 0. The molecular weight excluding hydrogens is 340 g/mol. The summed E-state index contributed by atoms with van der Waals surface area (Å²) in [6, 6.07) is 0.0423. The van der Waals surface area contributed by atoms with Crippen LogP contribution in [0, 0.1) is 0 Å². The molecule has 0 aliphatic carbocycles. The van der Waals surface area contributed by atoms with Crippen molar-refractivity contribution in [1.29, 1.82) is 0 Å². The Morgan fingerprint density at radius 3 is 2.17 bits per heavy atom. The molecular formula is C15H17F6NO2. The first-order valence-electron chi connectivity index (χ1n) is 7.03. The van der Waals surface area contributed by atoms with E-state index < -0.39 is 47.0 Å². The average molecular weight is 357 g/mol. The highest BCUT2D eigenvalue weighted by molar-refractivity contribution is 5.75. The lowest BCUT2D eigenvalue weighted by atomic mass is 9.85. The quantitative estimate of drug-likeness (QED) is 0.637. The van der Waals surface area contributed by atoms with Crippen LogP contribution in [0.1, 0.15) is 42.4 Å². The normalized spacial score (nSPS) is 15.0. The summed E-state index contributed by atoms with van der Waals surface area (Å²) in [5.74, 6) is -1.81. The van der Waals surface area contributed by atoms with Crippen molar-refractivity contribution in [2.75, 3.05) is 7.11 Å². The van der Waals surface area contributed by atoms with Crippen LogP contribution in [0.4, 0.5) is 26.3 Å². The summed E-state index contributed by atoms with van der Waals surface area (Å²) in [6.45, 7) is 1.51. The van der Waals surface area contributed by atoms with Gasteiger partial charge in [0, 0.05) is 0 Å². The molecule has 2 unspecified atom stereocenters. The fourth-order valence-corrected chi connectivity index (χ4v) is 2.40. The molecule has 0 saturated carbocycles. The molecule has 0 aliphatic heterocycles. The van der Waals surface area contributed by atoms with Crippen LogP contribution in [-0.4, -0.2) is 19.1 Å². The molecule has 2 N–H and O–H groups in total. The SMILES string of the molecule is CCC(CC(N)C(=O)OC)c1cc(C(F)(F)F)ccc1C(F)(F)F. The lowest BCUT2D eigenvalue weighted by molar-refractivity contribution is -0.143. The molecule has 1 aromatic rings. The van der Waals surface area contributed by atoms with Crippen LogP contribution < -0.4 is 5.73 Å². The van der Waals surface area contributed by atoms with Gasteiger partial charge in [0.05, 0.1) is 18.2 Å². The lowest BCUT2D eigenvalue weighted by Crippen LogP contribution is -2.33. The third-order valence-corrected chi connectivity index (χ3v) is 3.66. The average Bonchev–Trinajstić information content (AvgIpc) is 2.49. The second-order valence-electron chi connectivity index (χ2n) is 5.27. The van der Waals surface area contributed by atoms with E-state index in [1.807, 2.05) is 0 Å². The number of hydrogen-bond donors (Lipinski definition) is 1. The number of halogens is 6. The summed E-state index contributed by atoms with van der Waals surface area (Å²) in [4.78, 5) is 11.4. The van der Waals surface area contributed by atoms with Gasteiger partial charge in [0.25, 0.3) is 0 Å². The van der Waals surface area contributed by atoms with Gasteiger partial charge in [0.1, 0.15) is 6.04 Å². The van der Waals surface area contributed by atoms with Crippen molar-refractivity contribution in [2.45, 2.75) is 44.1 Å². The molecule has 0 heterocycles. The number of rotatable bonds is 5. The second kappa shape index (κ2) is 7.42. The maximum Gasteiger partial charge on any atom is 0.416 e. The van der Waals surface area contributed by atoms with Gasteiger partial charge in [-0.2, -0.15) is 26.3 Å². The third-order valence-electron chi connectivity index (χ3n) is 3.66. The molecule has 9 heteroatoms. The van der Waals surface area contributed by atoms with Crippen molar-refractivity contribution in [1.82, 2.24) is 0 Å². The lowest BCUT2D eigenvalue weighted by Gasteiger charge is -2.24. The Bertz CT molecular complexity index is 582. The van der Waals surface area contributed by atoms with Crippen LogP contribution in [0.15, 0.2) is 18.2 Å². The highest BCUT2D eigenvalue weighted by Crippen LogP contribution is 2.41. The van der Waals surface area contributed by atoms with Crippen molar-refractivity contribution in [3.05, 3.63) is 34.9 Å². The predicted octanol–water partition coefficient (Wildman–Crippen LogP) is 4.11. The number of carbonyl (C=O) groups is 1. The zero-order valence-corrected chi connectivity index (χ0v) is 13.0. The molecule has 136 valence electrons. The standard InChI is InChI=1S/C15H17F6NO2/c1-3-8(6-12(22)13(23)24-2)10-7-9(14(16,17)18)4-5-11(10)15(19,20)21/h4-5,7-8,12H,3,6,22H2,1-2H3. The van der Waals surface area contributed by atoms with E-state index in [2.05, 4.69) is 4.74 Å². The Morgan fingerprint density at radius 2 is 1.75 bits per heavy atom. The number of carbonyl (C=O) groups excluding carboxylic acids is 1. The maximum absolute atomic E-state index is 13.1. The molecule has 3 nitrogen and oxygen atoms in total. The molecule has 1 aromatic carbocycles. The van der Waals surface area contributed by atoms with E-state index in [1.165, 1.54) is 6.92 Å². The van der Waals surface area contributed by atoms with E-state index >= 15 is 0 Å². The molecule has 0 aromatic heterocycles. The Labute approximate surface area is 134 Å². The smallest absolute Gasteiger partial charge is 0.416 e. The highest BCUT2D eigenvalue weighted by atomic mass is 19.4. The van der Waals surface area contributed by atoms with Gasteiger partial charge in [0.2, 0.25) is 0 Å². The van der Waals surface area contributed by atoms with Gasteiger partial charge in [-0.1, -0.05) is 6.92 Å². The first-order valence-corrected chi connectivity index (χ1v) is 7.03. The maximum atomic E-state index is 13.1. The third kappa shape index (κ3) is 4.86. The Morgan fingerprint density at radius 1 is 1.17 bits per heavy atom. The number of hydrogen-bond acceptors (Lipinski definition) is 3. The molecule has 0 fully saturated rings. The Kier molecular flexibility index (Phi) is 6.26. The molecule has 2 atom stereocenters. The van der Waals surface area contributed by atoms with Crippen molar-refractivity contribution < 1.29 is 35.9 Å². The van der Waals surface area contributed by atoms with E-state index in [1.54, 1.807) is 0 Å². The number of alkyl halides is 6. The van der Waals surface area contributed by atoms with Gasteiger partial charge < -0.3 is 10.5 Å². The van der Waals surface area contributed by atoms with Crippen LogP contribution in [0.2, 0.25) is 0 Å². The van der Waals surface area contributed by atoms with Gasteiger partial charge >= 0.3 is 18.3 Å². The summed E-state index contributed by atoms with van der Waals surface area (Å²) in [5.41, 5.74) is 2.67. The minimum absolute atomic E-state index is 0.0785. The summed E-state index contributed by atoms with van der Waals surface area (Å²) < 4.78 is 82.3. The predicted molar refractivity (Wildman–Crippen MR) is 74.1 cm³/mol. The van der Waals surface area contributed by atoms with E-state index in [0.717, 1.165) is 7.11 Å². The first kappa shape index (κ1) is 20.3. The first-order chi connectivity index (χ1) is 10.9. The number of esters is 1. The zero-order valence-electron chi connectivity index (χ0n) is 13.0. The van der Waals surface area contributed by atoms with Crippen molar-refractivity contribution in [2.24, 2.45) is 5.73 Å². The summed E-state index contributed by atoms with van der Waals surface area (Å²) in [5, 5.41) is 0. The fraction of sp³-hybridized carbons (Fsp3) is 0.533. The van der Waals surface area contributed by atoms with E-state index in [4.69, 9.17) is 5.73 Å². The summed E-state index contributed by atoms with van der Waals surface area (Å²) in [7, 11) is 1.06. The van der Waals surface area contributed by atoms with Gasteiger partial charge in [-0.15, -0.1) is 0 Å². The minimum atomic E-state index is -4.82. The number of ether oxygens (including phenoxy) is 1. The van der Waals surface area contributed by atoms with E-state index in [-0.39, 0.29) is 12.8 Å². The van der Waals surface area contributed by atoms with Crippen LogP contribution in [-0.2, 0) is 21.9 Å². The summed E-state index contributed by atoms with van der Waals surface area (Å²) in [6.07, 6.45) is -9.77. The van der Waals surface area contributed by atoms with E-state index in [9.17, 15) is 31.1 Å². The van der Waals surface area contributed by atoms with Crippen molar-refractivity contribution >= 4 is 5.97 Å². The molecule has 0 amide bonds. The fourth-order valence-electron chi connectivity index (χ4n) is 2.40. The zero-order chi connectivity index (χ0) is 18.7. The van der Waals surface area contributed by atoms with Crippen LogP contribution >= 0.6 is 0 Å². The van der Waals surface area contributed by atoms with Crippen molar-refractivity contribution in [3.63, 3.8) is 0 Å². The number of methoxy groups -OCH3 is 1. The highest BCUT2D eigenvalue weighted by Gasteiger charge is 2.38. The van der Waals surface area contributed by atoms with Gasteiger partial charge in [-0.3, -0.25) is 4.79 Å². The van der Waals surface area contributed by atoms with Crippen molar-refractivity contribution in [3.8, 4) is 0 Å². The molecule has 1 rings (SSSR count). The van der Waals surface area contributed by atoms with Crippen LogP contribution in [0.25, 0.3) is 0 Å². The van der Waals surface area contributed by atoms with E-state index in [0.29, 0.717) is 18.2 Å². The van der Waals surface area contributed by atoms with Crippen LogP contribution in [0.5, 0.6) is 0 Å². The Hall–Kier alpha value is -1.77. The molecule has 0 bridgehead atoms. The molecule has 0 saturated heterocycles.